The maximum atomic E-state index is 10.7. The Morgan fingerprint density at radius 1 is 1.19 bits per heavy atom. The van der Waals surface area contributed by atoms with E-state index in [9.17, 15) is 15.3 Å². The van der Waals surface area contributed by atoms with Gasteiger partial charge in [-0.05, 0) is 87.0 Å². The number of fused-ring (bicyclic) bond motifs is 1. The van der Waals surface area contributed by atoms with E-state index in [0.717, 1.165) is 19.3 Å². The van der Waals surface area contributed by atoms with Gasteiger partial charge in [-0.15, -0.1) is 0 Å². The van der Waals surface area contributed by atoms with Gasteiger partial charge in [-0.2, -0.15) is 0 Å². The van der Waals surface area contributed by atoms with E-state index in [4.69, 9.17) is 0 Å². The van der Waals surface area contributed by atoms with E-state index in [1.54, 1.807) is 12.5 Å². The molecule has 3 saturated carbocycles. The summed E-state index contributed by atoms with van der Waals surface area (Å²) in [5, 5.41) is 30.1. The third kappa shape index (κ3) is 5.26. The van der Waals surface area contributed by atoms with Gasteiger partial charge >= 0.3 is 0 Å². The first kappa shape index (κ1) is 24.5. The lowest BCUT2D eigenvalue weighted by molar-refractivity contribution is 0.0245. The van der Waals surface area contributed by atoms with Crippen molar-refractivity contribution in [3.05, 3.63) is 47.6 Å². The SMILES string of the molecule is C=C1CC[C@H](O)C/C1=C/C=C1\CCC[C@]2(C)[C@@H]([C@H](C)/C=C/C(C)(O)C(C)CO)CC[C@@H]12. The van der Waals surface area contributed by atoms with Crippen LogP contribution in [0.5, 0.6) is 0 Å². The molecule has 3 aliphatic rings. The molecule has 3 N–H and O–H groups in total. The normalized spacial score (nSPS) is 38.4. The van der Waals surface area contributed by atoms with Crippen LogP contribution >= 0.6 is 0 Å². The van der Waals surface area contributed by atoms with E-state index in [1.807, 2.05) is 13.0 Å². The lowest BCUT2D eigenvalue weighted by Gasteiger charge is -2.44. The van der Waals surface area contributed by atoms with Gasteiger partial charge in [-0.3, -0.25) is 0 Å². The van der Waals surface area contributed by atoms with Crippen LogP contribution in [0, 0.1) is 29.1 Å². The van der Waals surface area contributed by atoms with Gasteiger partial charge in [-0.1, -0.05) is 62.8 Å². The molecule has 3 nitrogen and oxygen atoms in total. The molecule has 0 heterocycles. The summed E-state index contributed by atoms with van der Waals surface area (Å²) in [7, 11) is 0. The topological polar surface area (TPSA) is 60.7 Å². The van der Waals surface area contributed by atoms with E-state index in [1.165, 1.54) is 43.3 Å². The van der Waals surface area contributed by atoms with Gasteiger partial charge in [0.2, 0.25) is 0 Å². The largest absolute Gasteiger partial charge is 0.396 e. The lowest BCUT2D eigenvalue weighted by Crippen LogP contribution is -2.36. The molecule has 3 aliphatic carbocycles. The highest BCUT2D eigenvalue weighted by Gasteiger charge is 2.50. The molecule has 7 atom stereocenters. The van der Waals surface area contributed by atoms with Crippen LogP contribution in [0.2, 0.25) is 0 Å². The minimum absolute atomic E-state index is 0.0119. The van der Waals surface area contributed by atoms with Gasteiger partial charge in [0.05, 0.1) is 11.7 Å². The zero-order chi connectivity index (χ0) is 22.8. The number of hydrogen-bond acceptors (Lipinski definition) is 3. The van der Waals surface area contributed by atoms with Crippen LogP contribution < -0.4 is 0 Å². The quantitative estimate of drug-likeness (QED) is 0.474. The summed E-state index contributed by atoms with van der Waals surface area (Å²) in [5.74, 6) is 1.46. The number of aliphatic hydroxyl groups is 3. The molecule has 31 heavy (non-hydrogen) atoms. The van der Waals surface area contributed by atoms with E-state index in [0.29, 0.717) is 23.2 Å². The van der Waals surface area contributed by atoms with Crippen molar-refractivity contribution in [2.75, 3.05) is 6.61 Å². The molecular weight excluding hydrogens is 384 g/mol. The number of allylic oxidation sites excluding steroid dienone is 5. The van der Waals surface area contributed by atoms with Gasteiger partial charge in [0, 0.05) is 12.5 Å². The summed E-state index contributed by atoms with van der Waals surface area (Å²) < 4.78 is 0. The molecule has 3 fully saturated rings. The fourth-order valence-electron chi connectivity index (χ4n) is 6.37. The monoisotopic (exact) mass is 428 g/mol. The molecule has 0 bridgehead atoms. The molecule has 0 aliphatic heterocycles. The Balaban J connectivity index is 1.75. The van der Waals surface area contributed by atoms with E-state index >= 15 is 0 Å². The van der Waals surface area contributed by atoms with Crippen LogP contribution in [-0.4, -0.2) is 33.6 Å². The average molecular weight is 429 g/mol. The zero-order valence-electron chi connectivity index (χ0n) is 20.1. The first-order valence-electron chi connectivity index (χ1n) is 12.4. The van der Waals surface area contributed by atoms with Gasteiger partial charge < -0.3 is 15.3 Å². The molecule has 0 spiro atoms. The van der Waals surface area contributed by atoms with Crippen LogP contribution in [0.15, 0.2) is 47.6 Å². The second-order valence-corrected chi connectivity index (χ2v) is 11.1. The summed E-state index contributed by atoms with van der Waals surface area (Å²) in [6.45, 7) is 12.7. The van der Waals surface area contributed by atoms with Crippen molar-refractivity contribution in [2.45, 2.75) is 90.8 Å². The van der Waals surface area contributed by atoms with Crippen molar-refractivity contribution >= 4 is 0 Å². The lowest BCUT2D eigenvalue weighted by atomic mass is 9.61. The minimum Gasteiger partial charge on any atom is -0.396 e. The summed E-state index contributed by atoms with van der Waals surface area (Å²) in [6, 6.07) is 0. The van der Waals surface area contributed by atoms with Crippen molar-refractivity contribution in [1.82, 2.24) is 0 Å². The van der Waals surface area contributed by atoms with Crippen LogP contribution in [0.4, 0.5) is 0 Å². The maximum Gasteiger partial charge on any atom is 0.0847 e. The molecule has 0 radical (unpaired) electrons. The number of aliphatic hydroxyl groups excluding tert-OH is 2. The standard InChI is InChI=1S/C28H44O3/c1-19-8-11-24(30)17-23(19)10-9-22-7-6-15-27(4)25(12-13-26(22)27)20(2)14-16-28(5,31)21(3)18-29/h9-10,14,16,20-21,24-26,29-31H,1,6-8,11-13,15,17-18H2,2-5H3/b16-14+,22-9+,23-10-/t20-,21?,24+,25-,26+,27-,28?/m1/s1. The predicted octanol–water partition coefficient (Wildman–Crippen LogP) is 5.73. The van der Waals surface area contributed by atoms with Crippen molar-refractivity contribution in [3.8, 4) is 0 Å². The Bertz CT molecular complexity index is 743. The first-order chi connectivity index (χ1) is 14.6. The molecule has 3 heteroatoms. The number of rotatable bonds is 6. The van der Waals surface area contributed by atoms with Crippen LogP contribution in [0.1, 0.15) is 79.1 Å². The highest BCUT2D eigenvalue weighted by atomic mass is 16.3. The molecule has 0 saturated heterocycles. The van der Waals surface area contributed by atoms with E-state index < -0.39 is 5.60 Å². The second-order valence-electron chi connectivity index (χ2n) is 11.1. The predicted molar refractivity (Wildman–Crippen MR) is 129 cm³/mol. The molecule has 174 valence electrons. The summed E-state index contributed by atoms with van der Waals surface area (Å²) >= 11 is 0. The van der Waals surface area contributed by atoms with E-state index in [-0.39, 0.29) is 18.6 Å². The van der Waals surface area contributed by atoms with Gasteiger partial charge in [0.25, 0.3) is 0 Å². The van der Waals surface area contributed by atoms with E-state index in [2.05, 4.69) is 38.7 Å². The first-order valence-corrected chi connectivity index (χ1v) is 12.4. The van der Waals surface area contributed by atoms with Gasteiger partial charge in [-0.25, -0.2) is 0 Å². The summed E-state index contributed by atoms with van der Waals surface area (Å²) in [5.41, 5.74) is 3.31. The Kier molecular flexibility index (Phi) is 7.71. The van der Waals surface area contributed by atoms with Crippen LogP contribution in [-0.2, 0) is 0 Å². The molecule has 3 rings (SSSR count). The summed E-state index contributed by atoms with van der Waals surface area (Å²) in [4.78, 5) is 0. The fraction of sp³-hybridized carbons (Fsp3) is 0.714. The zero-order valence-corrected chi connectivity index (χ0v) is 20.1. The second kappa shape index (κ2) is 9.77. The highest BCUT2D eigenvalue weighted by Crippen LogP contribution is 2.59. The van der Waals surface area contributed by atoms with Crippen LogP contribution in [0.3, 0.4) is 0 Å². The minimum atomic E-state index is -0.974. The van der Waals surface area contributed by atoms with Crippen molar-refractivity contribution < 1.29 is 15.3 Å². The Morgan fingerprint density at radius 3 is 2.65 bits per heavy atom. The van der Waals surface area contributed by atoms with Crippen molar-refractivity contribution in [2.24, 2.45) is 29.1 Å². The van der Waals surface area contributed by atoms with Gasteiger partial charge in [0.1, 0.15) is 0 Å². The molecule has 0 aromatic rings. The molecular formula is C28H44O3. The van der Waals surface area contributed by atoms with Crippen molar-refractivity contribution in [1.29, 1.82) is 0 Å². The maximum absolute atomic E-state index is 10.7. The van der Waals surface area contributed by atoms with Crippen molar-refractivity contribution in [3.63, 3.8) is 0 Å². The molecule has 0 amide bonds. The molecule has 0 aromatic carbocycles. The molecule has 0 aromatic heterocycles. The Morgan fingerprint density at radius 2 is 1.94 bits per heavy atom. The van der Waals surface area contributed by atoms with Gasteiger partial charge in [0.15, 0.2) is 0 Å². The highest BCUT2D eigenvalue weighted by molar-refractivity contribution is 5.36. The third-order valence-electron chi connectivity index (χ3n) is 8.87. The summed E-state index contributed by atoms with van der Waals surface area (Å²) in [6.07, 6.45) is 17.1. The third-order valence-corrected chi connectivity index (χ3v) is 8.87. The Hall–Kier alpha value is -1.16. The number of hydrogen-bond donors (Lipinski definition) is 3. The smallest absolute Gasteiger partial charge is 0.0847 e. The fourth-order valence-corrected chi connectivity index (χ4v) is 6.37. The average Bonchev–Trinajstić information content (AvgIpc) is 3.09. The molecule has 2 unspecified atom stereocenters. The van der Waals surface area contributed by atoms with Crippen LogP contribution in [0.25, 0.3) is 0 Å². The Labute approximate surface area is 189 Å².